The molecule has 0 aromatic heterocycles. The van der Waals surface area contributed by atoms with Gasteiger partial charge in [-0.1, -0.05) is 12.1 Å². The first-order valence-corrected chi connectivity index (χ1v) is 6.90. The van der Waals surface area contributed by atoms with E-state index >= 15 is 0 Å². The van der Waals surface area contributed by atoms with Crippen LogP contribution in [-0.2, 0) is 11.2 Å². The summed E-state index contributed by atoms with van der Waals surface area (Å²) >= 11 is 0. The van der Waals surface area contributed by atoms with Gasteiger partial charge in [-0.3, -0.25) is 4.79 Å². The standard InChI is InChI=1S/C15H21FN2O/c1-11(10-12-2-6-14(16)7-3-12)17-8-9-18-15(19)13-4-5-13/h2-3,6-7,11,13,17H,4-5,8-10H2,1H3,(H,18,19). The fraction of sp³-hybridized carbons (Fsp3) is 0.533. The Morgan fingerprint density at radius 3 is 2.63 bits per heavy atom. The molecule has 104 valence electrons. The summed E-state index contributed by atoms with van der Waals surface area (Å²) in [5.41, 5.74) is 1.11. The molecular formula is C15H21FN2O. The van der Waals surface area contributed by atoms with Crippen molar-refractivity contribution < 1.29 is 9.18 Å². The molecule has 0 radical (unpaired) electrons. The minimum absolute atomic E-state index is 0.188. The Morgan fingerprint density at radius 2 is 2.00 bits per heavy atom. The molecule has 2 N–H and O–H groups in total. The lowest BCUT2D eigenvalue weighted by molar-refractivity contribution is -0.122. The van der Waals surface area contributed by atoms with Crippen LogP contribution in [0.1, 0.15) is 25.3 Å². The van der Waals surface area contributed by atoms with Gasteiger partial charge in [0.1, 0.15) is 5.82 Å². The molecule has 0 heterocycles. The first-order valence-electron chi connectivity index (χ1n) is 6.90. The van der Waals surface area contributed by atoms with Crippen LogP contribution in [0, 0.1) is 11.7 Å². The Hall–Kier alpha value is -1.42. The fourth-order valence-electron chi connectivity index (χ4n) is 2.04. The summed E-state index contributed by atoms with van der Waals surface area (Å²) in [5.74, 6) is 0.261. The Labute approximate surface area is 113 Å². The average Bonchev–Trinajstić information content (AvgIpc) is 3.21. The third-order valence-corrected chi connectivity index (χ3v) is 3.32. The van der Waals surface area contributed by atoms with Gasteiger partial charge in [-0.05, 0) is 43.9 Å². The first-order chi connectivity index (χ1) is 9.15. The molecule has 0 aliphatic heterocycles. The van der Waals surface area contributed by atoms with Crippen LogP contribution < -0.4 is 10.6 Å². The third-order valence-electron chi connectivity index (χ3n) is 3.32. The van der Waals surface area contributed by atoms with E-state index in [4.69, 9.17) is 0 Å². The van der Waals surface area contributed by atoms with Gasteiger partial charge in [0, 0.05) is 25.0 Å². The molecular weight excluding hydrogens is 243 g/mol. The second kappa shape index (κ2) is 6.66. The highest BCUT2D eigenvalue weighted by Gasteiger charge is 2.28. The number of rotatable bonds is 7. The van der Waals surface area contributed by atoms with Gasteiger partial charge in [0.25, 0.3) is 0 Å². The zero-order valence-electron chi connectivity index (χ0n) is 11.3. The van der Waals surface area contributed by atoms with Crippen molar-refractivity contribution in [3.8, 4) is 0 Å². The van der Waals surface area contributed by atoms with Gasteiger partial charge < -0.3 is 10.6 Å². The number of halogens is 1. The van der Waals surface area contributed by atoms with Crippen LogP contribution in [0.4, 0.5) is 4.39 Å². The van der Waals surface area contributed by atoms with Crippen LogP contribution in [0.15, 0.2) is 24.3 Å². The summed E-state index contributed by atoms with van der Waals surface area (Å²) in [5, 5.41) is 6.27. The van der Waals surface area contributed by atoms with E-state index in [0.29, 0.717) is 12.6 Å². The second-order valence-electron chi connectivity index (χ2n) is 5.25. The fourth-order valence-corrected chi connectivity index (χ4v) is 2.04. The molecule has 3 nitrogen and oxygen atoms in total. The SMILES string of the molecule is CC(Cc1ccc(F)cc1)NCCNC(=O)C1CC1. The zero-order chi connectivity index (χ0) is 13.7. The van der Waals surface area contributed by atoms with E-state index in [9.17, 15) is 9.18 Å². The highest BCUT2D eigenvalue weighted by atomic mass is 19.1. The second-order valence-corrected chi connectivity index (χ2v) is 5.25. The van der Waals surface area contributed by atoms with Gasteiger partial charge >= 0.3 is 0 Å². The highest BCUT2D eigenvalue weighted by Crippen LogP contribution is 2.28. The van der Waals surface area contributed by atoms with Crippen LogP contribution in [0.5, 0.6) is 0 Å². The number of carbonyl (C=O) groups excluding carboxylic acids is 1. The van der Waals surface area contributed by atoms with Crippen LogP contribution in [0.25, 0.3) is 0 Å². The van der Waals surface area contributed by atoms with Crippen molar-refractivity contribution in [3.63, 3.8) is 0 Å². The van der Waals surface area contributed by atoms with Gasteiger partial charge in [-0.25, -0.2) is 4.39 Å². The smallest absolute Gasteiger partial charge is 0.223 e. The van der Waals surface area contributed by atoms with Crippen molar-refractivity contribution in [3.05, 3.63) is 35.6 Å². The van der Waals surface area contributed by atoms with E-state index in [1.807, 2.05) is 12.1 Å². The molecule has 1 saturated carbocycles. The first kappa shape index (κ1) is 14.0. The Balaban J connectivity index is 1.59. The summed E-state index contributed by atoms with van der Waals surface area (Å²) in [7, 11) is 0. The summed E-state index contributed by atoms with van der Waals surface area (Å²) in [6.07, 6.45) is 2.94. The van der Waals surface area contributed by atoms with Gasteiger partial charge in [0.15, 0.2) is 0 Å². The topological polar surface area (TPSA) is 41.1 Å². The van der Waals surface area contributed by atoms with Crippen LogP contribution in [0.3, 0.4) is 0 Å². The largest absolute Gasteiger partial charge is 0.355 e. The molecule has 0 bridgehead atoms. The van der Waals surface area contributed by atoms with E-state index < -0.39 is 0 Å². The molecule has 1 aromatic carbocycles. The lowest BCUT2D eigenvalue weighted by Gasteiger charge is -2.14. The minimum atomic E-state index is -0.202. The van der Waals surface area contributed by atoms with Crippen LogP contribution in [0.2, 0.25) is 0 Å². The number of hydrogen-bond acceptors (Lipinski definition) is 2. The molecule has 1 amide bonds. The lowest BCUT2D eigenvalue weighted by Crippen LogP contribution is -2.37. The number of carbonyl (C=O) groups is 1. The van der Waals surface area contributed by atoms with Gasteiger partial charge in [0.05, 0.1) is 0 Å². The minimum Gasteiger partial charge on any atom is -0.355 e. The quantitative estimate of drug-likeness (QED) is 0.738. The van der Waals surface area contributed by atoms with E-state index in [0.717, 1.165) is 31.4 Å². The van der Waals surface area contributed by atoms with E-state index in [1.54, 1.807) is 0 Å². The van der Waals surface area contributed by atoms with E-state index in [1.165, 1.54) is 12.1 Å². The number of benzene rings is 1. The third kappa shape index (κ3) is 4.99. The molecule has 1 aliphatic carbocycles. The van der Waals surface area contributed by atoms with Gasteiger partial charge in [-0.2, -0.15) is 0 Å². The maximum atomic E-state index is 12.8. The Morgan fingerprint density at radius 1 is 1.32 bits per heavy atom. The van der Waals surface area contributed by atoms with Gasteiger partial charge in [-0.15, -0.1) is 0 Å². The number of amides is 1. The lowest BCUT2D eigenvalue weighted by atomic mass is 10.1. The van der Waals surface area contributed by atoms with Gasteiger partial charge in [0.2, 0.25) is 5.91 Å². The van der Waals surface area contributed by atoms with Crippen molar-refractivity contribution in [2.24, 2.45) is 5.92 Å². The molecule has 1 atom stereocenters. The van der Waals surface area contributed by atoms with E-state index in [2.05, 4.69) is 17.6 Å². The maximum absolute atomic E-state index is 12.8. The monoisotopic (exact) mass is 264 g/mol. The number of hydrogen-bond donors (Lipinski definition) is 2. The summed E-state index contributed by atoms with van der Waals surface area (Å²) in [4.78, 5) is 11.4. The molecule has 1 aromatic rings. The normalized spacial score (nSPS) is 16.1. The predicted octanol–water partition coefficient (Wildman–Crippen LogP) is 1.87. The molecule has 1 fully saturated rings. The predicted molar refractivity (Wildman–Crippen MR) is 73.3 cm³/mol. The Kier molecular flexibility index (Phi) is 4.91. The van der Waals surface area contributed by atoms with Crippen molar-refractivity contribution in [2.45, 2.75) is 32.2 Å². The molecule has 4 heteroatoms. The number of nitrogens with one attached hydrogen (secondary N) is 2. The molecule has 2 rings (SSSR count). The van der Waals surface area contributed by atoms with Crippen molar-refractivity contribution in [2.75, 3.05) is 13.1 Å². The van der Waals surface area contributed by atoms with E-state index in [-0.39, 0.29) is 17.6 Å². The molecule has 1 aliphatic rings. The van der Waals surface area contributed by atoms with Crippen molar-refractivity contribution >= 4 is 5.91 Å². The van der Waals surface area contributed by atoms with Crippen LogP contribution >= 0.6 is 0 Å². The zero-order valence-corrected chi connectivity index (χ0v) is 11.3. The molecule has 0 spiro atoms. The molecule has 0 saturated heterocycles. The average molecular weight is 264 g/mol. The van der Waals surface area contributed by atoms with Crippen LogP contribution in [-0.4, -0.2) is 25.0 Å². The Bertz CT molecular complexity index is 415. The summed E-state index contributed by atoms with van der Waals surface area (Å²) in [6, 6.07) is 6.89. The van der Waals surface area contributed by atoms with Crippen molar-refractivity contribution in [1.82, 2.24) is 10.6 Å². The van der Waals surface area contributed by atoms with Crippen molar-refractivity contribution in [1.29, 1.82) is 0 Å². The molecule has 19 heavy (non-hydrogen) atoms. The molecule has 1 unspecified atom stereocenters. The highest BCUT2D eigenvalue weighted by molar-refractivity contribution is 5.80. The summed E-state index contributed by atoms with van der Waals surface area (Å²) < 4.78 is 12.8. The maximum Gasteiger partial charge on any atom is 0.223 e. The summed E-state index contributed by atoms with van der Waals surface area (Å²) in [6.45, 7) is 3.52.